The van der Waals surface area contributed by atoms with Gasteiger partial charge in [-0.25, -0.2) is 9.69 Å². The number of carbonyl (C=O) groups excluding carboxylic acids is 2. The minimum Gasteiger partial charge on any atom is -0.319 e. The molecule has 1 aliphatic carbocycles. The summed E-state index contributed by atoms with van der Waals surface area (Å²) in [6.45, 7) is 3.28. The molecule has 1 aromatic heterocycles. The molecule has 0 bridgehead atoms. The van der Waals surface area contributed by atoms with E-state index in [-0.39, 0.29) is 11.9 Å². The van der Waals surface area contributed by atoms with E-state index < -0.39 is 5.54 Å². The van der Waals surface area contributed by atoms with Crippen molar-refractivity contribution in [2.24, 2.45) is 0 Å². The van der Waals surface area contributed by atoms with E-state index in [0.29, 0.717) is 12.7 Å². The lowest BCUT2D eigenvalue weighted by Crippen LogP contribution is -3.12. The molecule has 2 fully saturated rings. The molecule has 0 radical (unpaired) electrons. The Morgan fingerprint density at radius 2 is 2.07 bits per heavy atom. The molecule has 2 aliphatic heterocycles. The molecule has 5 nitrogen and oxygen atoms in total. The molecule has 146 valence electrons. The summed E-state index contributed by atoms with van der Waals surface area (Å²) >= 11 is 1.77. The van der Waals surface area contributed by atoms with Crippen LogP contribution in [0.25, 0.3) is 0 Å². The zero-order valence-corrected chi connectivity index (χ0v) is 17.0. The van der Waals surface area contributed by atoms with Crippen molar-refractivity contribution in [3.05, 3.63) is 57.3 Å². The maximum atomic E-state index is 13.4. The highest BCUT2D eigenvalue weighted by Crippen LogP contribution is 2.32. The number of fused-ring (bicyclic) bond motifs is 1. The Bertz CT molecular complexity index is 926. The number of imide groups is 1. The molecule has 3 heterocycles. The fraction of sp³-hybridized carbons (Fsp3) is 0.455. The van der Waals surface area contributed by atoms with Gasteiger partial charge in [-0.3, -0.25) is 4.79 Å². The highest BCUT2D eigenvalue weighted by molar-refractivity contribution is 7.10. The van der Waals surface area contributed by atoms with Gasteiger partial charge in [-0.15, -0.1) is 11.3 Å². The third-order valence-electron chi connectivity index (χ3n) is 6.68. The number of benzene rings is 1. The Morgan fingerprint density at radius 3 is 2.89 bits per heavy atom. The molecule has 6 heteroatoms. The fourth-order valence-electron chi connectivity index (χ4n) is 5.06. The van der Waals surface area contributed by atoms with Crippen LogP contribution in [0.15, 0.2) is 35.7 Å². The molecule has 0 saturated carbocycles. The predicted molar refractivity (Wildman–Crippen MR) is 108 cm³/mol. The third-order valence-corrected chi connectivity index (χ3v) is 7.67. The molecule has 1 unspecified atom stereocenters. The molecule has 2 aromatic rings. The fourth-order valence-corrected chi connectivity index (χ4v) is 5.98. The van der Waals surface area contributed by atoms with E-state index in [1.54, 1.807) is 11.3 Å². The molecular formula is C22H26N3O2S+. The number of nitrogens with one attached hydrogen (secondary N) is 2. The van der Waals surface area contributed by atoms with Gasteiger partial charge in [0.05, 0.1) is 11.4 Å². The number of thiophene rings is 1. The first-order valence-electron chi connectivity index (χ1n) is 10.2. The van der Waals surface area contributed by atoms with Crippen LogP contribution in [0.4, 0.5) is 4.79 Å². The van der Waals surface area contributed by atoms with Crippen molar-refractivity contribution >= 4 is 23.3 Å². The molecule has 0 spiro atoms. The summed E-state index contributed by atoms with van der Waals surface area (Å²) in [7, 11) is 0. The number of rotatable bonds is 4. The van der Waals surface area contributed by atoms with Gasteiger partial charge in [0.15, 0.2) is 6.67 Å². The van der Waals surface area contributed by atoms with Gasteiger partial charge >= 0.3 is 6.03 Å². The Kier molecular flexibility index (Phi) is 4.29. The molecule has 5 rings (SSSR count). The minimum atomic E-state index is -0.966. The summed E-state index contributed by atoms with van der Waals surface area (Å²) in [5.74, 6) is -0.125. The highest BCUT2D eigenvalue weighted by atomic mass is 32.1. The summed E-state index contributed by atoms with van der Waals surface area (Å²) in [5, 5.41) is 5.09. The lowest BCUT2D eigenvalue weighted by atomic mass is 9.90. The summed E-state index contributed by atoms with van der Waals surface area (Å²) < 4.78 is 0. The smallest absolute Gasteiger partial charge is 0.319 e. The van der Waals surface area contributed by atoms with Crippen LogP contribution in [0.1, 0.15) is 53.8 Å². The summed E-state index contributed by atoms with van der Waals surface area (Å²) in [6.07, 6.45) is 5.59. The number of carbonyl (C=O) groups is 2. The van der Waals surface area contributed by atoms with Crippen LogP contribution < -0.4 is 10.2 Å². The topological polar surface area (TPSA) is 53.9 Å². The molecule has 3 aliphatic rings. The standard InChI is InChI=1S/C22H25N3O2S/c1-22(17-10-9-15-5-2-6-16(15)13-17)20(26)25(21(27)23-22)14-24-11-3-7-18(24)19-8-4-12-28-19/h4,8-10,12-13,18H,2-3,5-7,11,14H2,1H3,(H,23,27)/p+1/t18-,22-/m1/s1. The summed E-state index contributed by atoms with van der Waals surface area (Å²) in [6, 6.07) is 10.6. The van der Waals surface area contributed by atoms with Crippen molar-refractivity contribution in [1.29, 1.82) is 0 Å². The van der Waals surface area contributed by atoms with E-state index in [1.165, 1.54) is 32.2 Å². The van der Waals surface area contributed by atoms with E-state index in [9.17, 15) is 9.59 Å². The average molecular weight is 397 g/mol. The van der Waals surface area contributed by atoms with Crippen molar-refractivity contribution in [3.8, 4) is 0 Å². The normalized spacial score (nSPS) is 29.4. The quantitative estimate of drug-likeness (QED) is 0.780. The van der Waals surface area contributed by atoms with Gasteiger partial charge in [-0.2, -0.15) is 0 Å². The van der Waals surface area contributed by atoms with Gasteiger partial charge in [0, 0.05) is 12.8 Å². The summed E-state index contributed by atoms with van der Waals surface area (Å²) in [5.41, 5.74) is 2.63. The summed E-state index contributed by atoms with van der Waals surface area (Å²) in [4.78, 5) is 30.2. The van der Waals surface area contributed by atoms with Crippen LogP contribution in [0.3, 0.4) is 0 Å². The highest BCUT2D eigenvalue weighted by Gasteiger charge is 2.51. The van der Waals surface area contributed by atoms with Crippen LogP contribution in [0.5, 0.6) is 0 Å². The first kappa shape index (κ1) is 17.9. The van der Waals surface area contributed by atoms with Crippen LogP contribution >= 0.6 is 11.3 Å². The molecule has 28 heavy (non-hydrogen) atoms. The van der Waals surface area contributed by atoms with E-state index in [4.69, 9.17) is 0 Å². The van der Waals surface area contributed by atoms with Crippen molar-refractivity contribution in [2.75, 3.05) is 13.2 Å². The van der Waals surface area contributed by atoms with E-state index in [1.807, 2.05) is 13.0 Å². The van der Waals surface area contributed by atoms with Gasteiger partial charge in [0.1, 0.15) is 11.6 Å². The average Bonchev–Trinajstić information content (AvgIpc) is 3.47. The van der Waals surface area contributed by atoms with Crippen LogP contribution in [0, 0.1) is 0 Å². The van der Waals surface area contributed by atoms with Crippen LogP contribution in [0.2, 0.25) is 0 Å². The molecular weight excluding hydrogens is 370 g/mol. The molecule has 2 saturated heterocycles. The second-order valence-corrected chi connectivity index (χ2v) is 9.38. The zero-order valence-electron chi connectivity index (χ0n) is 16.2. The molecule has 3 amide bonds. The second kappa shape index (κ2) is 6.71. The molecule has 3 atom stereocenters. The Morgan fingerprint density at radius 1 is 1.21 bits per heavy atom. The van der Waals surface area contributed by atoms with Crippen molar-refractivity contribution in [1.82, 2.24) is 10.2 Å². The van der Waals surface area contributed by atoms with E-state index in [2.05, 4.69) is 35.0 Å². The van der Waals surface area contributed by atoms with Crippen molar-refractivity contribution in [3.63, 3.8) is 0 Å². The Labute approximate surface area is 169 Å². The third kappa shape index (κ3) is 2.78. The van der Waals surface area contributed by atoms with E-state index in [0.717, 1.165) is 37.8 Å². The first-order valence-corrected chi connectivity index (χ1v) is 11.1. The number of quaternary nitrogens is 1. The van der Waals surface area contributed by atoms with Gasteiger partial charge in [0.2, 0.25) is 0 Å². The van der Waals surface area contributed by atoms with Gasteiger partial charge in [-0.1, -0.05) is 24.3 Å². The van der Waals surface area contributed by atoms with Crippen LogP contribution in [-0.2, 0) is 23.2 Å². The number of hydrogen-bond donors (Lipinski definition) is 2. The Balaban J connectivity index is 1.38. The van der Waals surface area contributed by atoms with Crippen LogP contribution in [-0.4, -0.2) is 30.1 Å². The largest absolute Gasteiger partial charge is 0.329 e. The number of aryl methyl sites for hydroxylation is 2. The van der Waals surface area contributed by atoms with Crippen molar-refractivity contribution in [2.45, 2.75) is 50.6 Å². The lowest BCUT2D eigenvalue weighted by Gasteiger charge is -2.26. The van der Waals surface area contributed by atoms with Crippen molar-refractivity contribution < 1.29 is 14.5 Å². The first-order chi connectivity index (χ1) is 13.6. The van der Waals surface area contributed by atoms with E-state index >= 15 is 0 Å². The molecule has 2 N–H and O–H groups in total. The van der Waals surface area contributed by atoms with Gasteiger partial charge in [0.25, 0.3) is 5.91 Å². The Hall–Kier alpha value is -2.18. The van der Waals surface area contributed by atoms with Gasteiger partial charge in [-0.05, 0) is 54.3 Å². The maximum absolute atomic E-state index is 13.4. The number of nitrogens with zero attached hydrogens (tertiary/aromatic N) is 1. The monoisotopic (exact) mass is 396 g/mol. The molecule has 1 aromatic carbocycles. The maximum Gasteiger partial charge on any atom is 0.329 e. The second-order valence-electron chi connectivity index (χ2n) is 8.40. The number of hydrogen-bond acceptors (Lipinski definition) is 3. The zero-order chi connectivity index (χ0) is 19.3. The van der Waals surface area contributed by atoms with Gasteiger partial charge < -0.3 is 10.2 Å². The number of amides is 3. The number of likely N-dealkylation sites (tertiary alicyclic amines) is 1. The SMILES string of the molecule is C[C@]1(c2ccc3c(c2)CCC3)NC(=O)N(C[NH+]2CCC[C@@H]2c2cccs2)C1=O. The number of urea groups is 1. The minimum absolute atomic E-state index is 0.125. The predicted octanol–water partition coefficient (Wildman–Crippen LogP) is 2.38. The lowest BCUT2D eigenvalue weighted by molar-refractivity contribution is -0.925.